The van der Waals surface area contributed by atoms with Crippen molar-refractivity contribution in [2.75, 3.05) is 17.7 Å². The third-order valence-corrected chi connectivity index (χ3v) is 3.44. The van der Waals surface area contributed by atoms with Gasteiger partial charge in [-0.05, 0) is 48.9 Å². The minimum absolute atomic E-state index is 0.121. The molecule has 0 fully saturated rings. The molecule has 0 aliphatic rings. The van der Waals surface area contributed by atoms with Gasteiger partial charge in [0.2, 0.25) is 5.96 Å². The number of methoxy groups -OCH3 is 1. The highest BCUT2D eigenvalue weighted by Crippen LogP contribution is 2.13. The zero-order valence-electron chi connectivity index (χ0n) is 14.9. The number of hydrogen-bond acceptors (Lipinski definition) is 5. The van der Waals surface area contributed by atoms with Crippen molar-refractivity contribution in [3.8, 4) is 0 Å². The van der Waals surface area contributed by atoms with Gasteiger partial charge in [0.05, 0.1) is 18.4 Å². The minimum Gasteiger partial charge on any atom is -0.465 e. The van der Waals surface area contributed by atoms with E-state index in [4.69, 9.17) is 11.5 Å². The maximum absolute atomic E-state index is 12.1. The molecular weight excluding hydrogens is 348 g/mol. The van der Waals surface area contributed by atoms with Gasteiger partial charge in [-0.1, -0.05) is 12.1 Å². The second-order valence-electron chi connectivity index (χ2n) is 5.44. The lowest BCUT2D eigenvalue weighted by Gasteiger charge is -2.09. The second-order valence-corrected chi connectivity index (χ2v) is 5.44. The molecule has 140 valence electrons. The molecule has 2 amide bonds. The number of guanidine groups is 1. The molecule has 27 heavy (non-hydrogen) atoms. The zero-order valence-corrected chi connectivity index (χ0v) is 14.9. The Morgan fingerprint density at radius 2 is 1.33 bits per heavy atom. The summed E-state index contributed by atoms with van der Waals surface area (Å²) in [5, 5.41) is 12.9. The Kier molecular flexibility index (Phi) is 6.48. The molecule has 6 N–H and O–H groups in total. The summed E-state index contributed by atoms with van der Waals surface area (Å²) in [6.45, 7) is 1.76. The summed E-state index contributed by atoms with van der Waals surface area (Å²) in [6, 6.07) is 12.9. The predicted octanol–water partition coefficient (Wildman–Crippen LogP) is 2.11. The van der Waals surface area contributed by atoms with Crippen molar-refractivity contribution >= 4 is 35.0 Å². The van der Waals surface area contributed by atoms with Gasteiger partial charge in [-0.15, -0.1) is 5.10 Å². The van der Waals surface area contributed by atoms with Crippen molar-refractivity contribution < 1.29 is 14.3 Å². The highest BCUT2D eigenvalue weighted by molar-refractivity contribution is 6.02. The number of esters is 1. The lowest BCUT2D eigenvalue weighted by atomic mass is 10.1. The van der Waals surface area contributed by atoms with E-state index in [-0.39, 0.29) is 5.96 Å². The molecule has 2 aromatic rings. The standard InChI is InChI=1S/C18H20N6O3/c1-11(23-24-17(19)20)12-3-7-14(8-4-12)21-18(26)22-15-9-5-13(6-10-15)16(25)27-2/h3-10H,1-2H3,(H4,19,20,24)(H2,21,22,26). The normalized spacial score (nSPS) is 10.7. The summed E-state index contributed by atoms with van der Waals surface area (Å²) in [7, 11) is 1.31. The van der Waals surface area contributed by atoms with Crippen molar-refractivity contribution in [1.29, 1.82) is 0 Å². The number of nitrogens with one attached hydrogen (secondary N) is 2. The number of nitrogens with two attached hydrogens (primary N) is 2. The molecule has 0 aliphatic heterocycles. The van der Waals surface area contributed by atoms with Crippen LogP contribution in [-0.2, 0) is 4.74 Å². The number of nitrogens with zero attached hydrogens (tertiary/aromatic N) is 2. The Labute approximate surface area is 156 Å². The van der Waals surface area contributed by atoms with E-state index in [1.54, 1.807) is 55.5 Å². The first-order chi connectivity index (χ1) is 12.9. The van der Waals surface area contributed by atoms with Gasteiger partial charge in [-0.25, -0.2) is 9.59 Å². The predicted molar refractivity (Wildman–Crippen MR) is 105 cm³/mol. The molecule has 2 rings (SSSR count). The van der Waals surface area contributed by atoms with Crippen molar-refractivity contribution in [3.63, 3.8) is 0 Å². The number of carbonyl (C=O) groups excluding carboxylic acids is 2. The first-order valence-corrected chi connectivity index (χ1v) is 7.89. The van der Waals surface area contributed by atoms with Gasteiger partial charge in [0.1, 0.15) is 0 Å². The molecule has 0 atom stereocenters. The summed E-state index contributed by atoms with van der Waals surface area (Å²) in [5.41, 5.74) is 13.4. The van der Waals surface area contributed by atoms with Crippen molar-refractivity contribution in [1.82, 2.24) is 0 Å². The van der Waals surface area contributed by atoms with Crippen LogP contribution in [0, 0.1) is 0 Å². The topological polar surface area (TPSA) is 144 Å². The summed E-state index contributed by atoms with van der Waals surface area (Å²) in [4.78, 5) is 23.5. The third-order valence-electron chi connectivity index (χ3n) is 3.44. The van der Waals surface area contributed by atoms with E-state index >= 15 is 0 Å². The highest BCUT2D eigenvalue weighted by atomic mass is 16.5. The van der Waals surface area contributed by atoms with Gasteiger partial charge in [0.25, 0.3) is 0 Å². The van der Waals surface area contributed by atoms with Gasteiger partial charge in [-0.3, -0.25) is 0 Å². The SMILES string of the molecule is COC(=O)c1ccc(NC(=O)Nc2ccc(C(C)=NN=C(N)N)cc2)cc1. The maximum Gasteiger partial charge on any atom is 0.337 e. The lowest BCUT2D eigenvalue weighted by molar-refractivity contribution is 0.0600. The molecule has 0 saturated carbocycles. The fourth-order valence-electron chi connectivity index (χ4n) is 2.09. The van der Waals surface area contributed by atoms with E-state index in [9.17, 15) is 9.59 Å². The number of rotatable bonds is 5. The van der Waals surface area contributed by atoms with Gasteiger partial charge < -0.3 is 26.8 Å². The van der Waals surface area contributed by atoms with Crippen molar-refractivity contribution in [2.45, 2.75) is 6.92 Å². The first kappa shape index (κ1) is 19.4. The van der Waals surface area contributed by atoms with E-state index in [0.29, 0.717) is 22.6 Å². The average molecular weight is 368 g/mol. The van der Waals surface area contributed by atoms with Crippen LogP contribution >= 0.6 is 0 Å². The number of hydrogen-bond donors (Lipinski definition) is 4. The van der Waals surface area contributed by atoms with E-state index < -0.39 is 12.0 Å². The van der Waals surface area contributed by atoms with Gasteiger partial charge in [0, 0.05) is 11.4 Å². The molecule has 9 nitrogen and oxygen atoms in total. The molecule has 0 heterocycles. The summed E-state index contributed by atoms with van der Waals surface area (Å²) >= 11 is 0. The Morgan fingerprint density at radius 1 is 0.852 bits per heavy atom. The van der Waals surface area contributed by atoms with Crippen LogP contribution in [0.25, 0.3) is 0 Å². The lowest BCUT2D eigenvalue weighted by Crippen LogP contribution is -2.22. The largest absolute Gasteiger partial charge is 0.465 e. The van der Waals surface area contributed by atoms with Crippen molar-refractivity contribution in [3.05, 3.63) is 59.7 Å². The number of benzene rings is 2. The molecular formula is C18H20N6O3. The molecule has 0 unspecified atom stereocenters. The molecule has 2 aromatic carbocycles. The van der Waals surface area contributed by atoms with Crippen LogP contribution in [0.5, 0.6) is 0 Å². The van der Waals surface area contributed by atoms with Gasteiger partial charge >= 0.3 is 12.0 Å². The van der Waals surface area contributed by atoms with Crippen LogP contribution in [0.15, 0.2) is 58.7 Å². The molecule has 9 heteroatoms. The second kappa shape index (κ2) is 8.99. The highest BCUT2D eigenvalue weighted by Gasteiger charge is 2.07. The number of carbonyl (C=O) groups is 2. The Morgan fingerprint density at radius 3 is 1.78 bits per heavy atom. The Balaban J connectivity index is 1.97. The Hall–Kier alpha value is -3.88. The van der Waals surface area contributed by atoms with Crippen LogP contribution in [0.1, 0.15) is 22.8 Å². The fraction of sp³-hybridized carbons (Fsp3) is 0.111. The van der Waals surface area contributed by atoms with E-state index in [1.807, 2.05) is 0 Å². The van der Waals surface area contributed by atoms with Gasteiger partial charge in [-0.2, -0.15) is 5.10 Å². The molecule has 0 bridgehead atoms. The molecule has 0 spiro atoms. The quantitative estimate of drug-likeness (QED) is 0.276. The molecule has 0 saturated heterocycles. The molecule has 0 aromatic heterocycles. The average Bonchev–Trinajstić information content (AvgIpc) is 2.66. The van der Waals surface area contributed by atoms with Crippen LogP contribution in [0.2, 0.25) is 0 Å². The van der Waals surface area contributed by atoms with Crippen LogP contribution < -0.4 is 22.1 Å². The van der Waals surface area contributed by atoms with Crippen LogP contribution in [0.3, 0.4) is 0 Å². The smallest absolute Gasteiger partial charge is 0.337 e. The first-order valence-electron chi connectivity index (χ1n) is 7.89. The van der Waals surface area contributed by atoms with Crippen LogP contribution in [0.4, 0.5) is 16.2 Å². The monoisotopic (exact) mass is 368 g/mol. The van der Waals surface area contributed by atoms with Crippen molar-refractivity contribution in [2.24, 2.45) is 21.7 Å². The summed E-state index contributed by atoms with van der Waals surface area (Å²) in [6.07, 6.45) is 0. The minimum atomic E-state index is -0.440. The van der Waals surface area contributed by atoms with E-state index in [0.717, 1.165) is 5.56 Å². The maximum atomic E-state index is 12.1. The van der Waals surface area contributed by atoms with Crippen LogP contribution in [-0.4, -0.2) is 30.8 Å². The summed E-state index contributed by atoms with van der Waals surface area (Å²) in [5.74, 6) is -0.561. The van der Waals surface area contributed by atoms with E-state index in [1.165, 1.54) is 7.11 Å². The fourth-order valence-corrected chi connectivity index (χ4v) is 2.09. The number of urea groups is 1. The molecule has 0 radical (unpaired) electrons. The summed E-state index contributed by atoms with van der Waals surface area (Å²) < 4.78 is 4.62. The Bertz CT molecular complexity index is 869. The number of amides is 2. The molecule has 0 aliphatic carbocycles. The number of anilines is 2. The number of ether oxygens (including phenoxy) is 1. The van der Waals surface area contributed by atoms with E-state index in [2.05, 4.69) is 25.6 Å². The van der Waals surface area contributed by atoms with Gasteiger partial charge in [0.15, 0.2) is 0 Å². The zero-order chi connectivity index (χ0) is 19.8. The third kappa shape index (κ3) is 5.85.